The Morgan fingerprint density at radius 2 is 1.94 bits per heavy atom. The standard InChI is InChI=1S/C19H21N5O7/c1-11-9-15(29-18(26)30-19(2,3)4)23(21-11)12-5-7-13(8-6-12)28-10-14-16(17(20)25)24(27)31-22-14/h5-9H,10H2,1-4H3,(H2,20,25). The number of carbonyl (C=O) groups excluding carboxylic acids is 2. The first-order chi connectivity index (χ1) is 14.5. The number of primary amides is 1. The van der Waals surface area contributed by atoms with Crippen LogP contribution in [0.15, 0.2) is 35.0 Å². The molecule has 2 N–H and O–H groups in total. The molecule has 164 valence electrons. The third-order valence-electron chi connectivity index (χ3n) is 3.75. The molecule has 0 spiro atoms. The van der Waals surface area contributed by atoms with E-state index in [2.05, 4.69) is 14.9 Å². The van der Waals surface area contributed by atoms with Gasteiger partial charge in [0.15, 0.2) is 6.61 Å². The van der Waals surface area contributed by atoms with E-state index >= 15 is 0 Å². The minimum absolute atomic E-state index is 0.0256. The quantitative estimate of drug-likeness (QED) is 0.453. The van der Waals surface area contributed by atoms with E-state index in [1.54, 1.807) is 58.0 Å². The number of hydrogen-bond acceptors (Lipinski definition) is 9. The van der Waals surface area contributed by atoms with Crippen molar-refractivity contribution in [3.8, 4) is 17.3 Å². The zero-order valence-corrected chi connectivity index (χ0v) is 17.3. The predicted molar refractivity (Wildman–Crippen MR) is 103 cm³/mol. The van der Waals surface area contributed by atoms with Crippen LogP contribution in [0.5, 0.6) is 11.6 Å². The van der Waals surface area contributed by atoms with E-state index in [4.69, 9.17) is 19.9 Å². The maximum absolute atomic E-state index is 12.0. The number of nitrogens with zero attached hydrogens (tertiary/aromatic N) is 4. The average molecular weight is 431 g/mol. The Morgan fingerprint density at radius 3 is 2.55 bits per heavy atom. The van der Waals surface area contributed by atoms with Gasteiger partial charge in [0.1, 0.15) is 11.4 Å². The summed E-state index contributed by atoms with van der Waals surface area (Å²) in [4.78, 5) is 23.2. The van der Waals surface area contributed by atoms with Crippen LogP contribution >= 0.6 is 0 Å². The van der Waals surface area contributed by atoms with E-state index in [9.17, 15) is 14.8 Å². The van der Waals surface area contributed by atoms with Gasteiger partial charge in [0.25, 0.3) is 17.3 Å². The normalized spacial score (nSPS) is 11.2. The fourth-order valence-electron chi connectivity index (χ4n) is 2.53. The number of aromatic nitrogens is 4. The number of carbonyl (C=O) groups is 2. The highest BCUT2D eigenvalue weighted by molar-refractivity contribution is 5.90. The molecule has 0 aliphatic rings. The third-order valence-corrected chi connectivity index (χ3v) is 3.75. The zero-order chi connectivity index (χ0) is 22.8. The van der Waals surface area contributed by atoms with Crippen LogP contribution in [0, 0.1) is 12.1 Å². The second kappa shape index (κ2) is 8.34. The molecule has 0 atom stereocenters. The van der Waals surface area contributed by atoms with Gasteiger partial charge in [0, 0.05) is 11.2 Å². The summed E-state index contributed by atoms with van der Waals surface area (Å²) in [5.41, 5.74) is 5.21. The van der Waals surface area contributed by atoms with Gasteiger partial charge >= 0.3 is 6.16 Å². The van der Waals surface area contributed by atoms with Gasteiger partial charge in [-0.2, -0.15) is 5.10 Å². The van der Waals surface area contributed by atoms with E-state index in [-0.39, 0.29) is 23.1 Å². The number of rotatable bonds is 6. The van der Waals surface area contributed by atoms with Crippen molar-refractivity contribution in [2.45, 2.75) is 39.9 Å². The molecule has 0 unspecified atom stereocenters. The highest BCUT2D eigenvalue weighted by Crippen LogP contribution is 2.23. The summed E-state index contributed by atoms with van der Waals surface area (Å²) in [5, 5.41) is 19.1. The largest absolute Gasteiger partial charge is 0.515 e. The Labute approximate surface area is 176 Å². The molecule has 0 aliphatic heterocycles. The lowest BCUT2D eigenvalue weighted by Gasteiger charge is -2.18. The van der Waals surface area contributed by atoms with Gasteiger partial charge in [-0.3, -0.25) is 9.42 Å². The van der Waals surface area contributed by atoms with Gasteiger partial charge in [-0.05, 0) is 56.9 Å². The number of ether oxygens (including phenoxy) is 3. The lowest BCUT2D eigenvalue weighted by molar-refractivity contribution is -0.803. The summed E-state index contributed by atoms with van der Waals surface area (Å²) in [7, 11) is 0. The van der Waals surface area contributed by atoms with Crippen LogP contribution in [0.4, 0.5) is 4.79 Å². The summed E-state index contributed by atoms with van der Waals surface area (Å²) >= 11 is 0. The number of hydrogen-bond donors (Lipinski definition) is 1. The van der Waals surface area contributed by atoms with Crippen molar-refractivity contribution < 1.29 is 33.3 Å². The minimum Gasteiger partial charge on any atom is -0.485 e. The summed E-state index contributed by atoms with van der Waals surface area (Å²) in [6, 6.07) is 8.20. The summed E-state index contributed by atoms with van der Waals surface area (Å²) in [5.74, 6) is -0.371. The molecule has 12 heteroatoms. The van der Waals surface area contributed by atoms with Crippen LogP contribution < -0.4 is 20.1 Å². The SMILES string of the molecule is Cc1cc(OC(=O)OC(C)(C)C)n(-c2ccc(OCc3no[n+]([O-])c3C(N)=O)cc2)n1. The first kappa shape index (κ1) is 21.6. The van der Waals surface area contributed by atoms with Gasteiger partial charge in [0.2, 0.25) is 5.88 Å². The maximum Gasteiger partial charge on any atom is 0.515 e. The Kier molecular flexibility index (Phi) is 5.81. The fraction of sp³-hybridized carbons (Fsp3) is 0.316. The van der Waals surface area contributed by atoms with Crippen molar-refractivity contribution in [1.29, 1.82) is 0 Å². The Morgan fingerprint density at radius 1 is 1.26 bits per heavy atom. The molecule has 0 fully saturated rings. The number of aryl methyl sites for hydroxylation is 1. The summed E-state index contributed by atoms with van der Waals surface area (Å²) in [6.07, 6.45) is -0.845. The molecule has 31 heavy (non-hydrogen) atoms. The monoisotopic (exact) mass is 431 g/mol. The van der Waals surface area contributed by atoms with Crippen molar-refractivity contribution in [2.75, 3.05) is 0 Å². The van der Waals surface area contributed by atoms with Crippen molar-refractivity contribution in [2.24, 2.45) is 5.73 Å². The highest BCUT2D eigenvalue weighted by Gasteiger charge is 2.25. The van der Waals surface area contributed by atoms with Gasteiger partial charge in [-0.1, -0.05) is 0 Å². The predicted octanol–water partition coefficient (Wildman–Crippen LogP) is 1.79. The molecule has 2 heterocycles. The average Bonchev–Trinajstić information content (AvgIpc) is 3.21. The maximum atomic E-state index is 12.0. The number of benzene rings is 1. The molecule has 3 rings (SSSR count). The van der Waals surface area contributed by atoms with Gasteiger partial charge in [-0.25, -0.2) is 9.48 Å². The zero-order valence-electron chi connectivity index (χ0n) is 17.3. The van der Waals surface area contributed by atoms with Gasteiger partial charge in [0.05, 0.1) is 11.4 Å². The molecule has 0 aliphatic carbocycles. The summed E-state index contributed by atoms with van der Waals surface area (Å²) in [6.45, 7) is 6.75. The second-order valence-corrected chi connectivity index (χ2v) is 7.47. The van der Waals surface area contributed by atoms with Crippen molar-refractivity contribution in [3.63, 3.8) is 0 Å². The van der Waals surface area contributed by atoms with Crippen molar-refractivity contribution in [1.82, 2.24) is 14.9 Å². The van der Waals surface area contributed by atoms with E-state index in [1.807, 2.05) is 0 Å². The molecular weight excluding hydrogens is 410 g/mol. The number of amides is 1. The molecular formula is C19H21N5O7. The number of nitrogens with two attached hydrogens (primary N) is 1. The molecule has 2 aromatic heterocycles. The topological polar surface area (TPSA) is 159 Å². The molecule has 0 saturated heterocycles. The lowest BCUT2D eigenvalue weighted by Crippen LogP contribution is -2.35. The van der Waals surface area contributed by atoms with Crippen molar-refractivity contribution in [3.05, 3.63) is 52.6 Å². The smallest absolute Gasteiger partial charge is 0.485 e. The van der Waals surface area contributed by atoms with Crippen LogP contribution in [0.2, 0.25) is 0 Å². The van der Waals surface area contributed by atoms with Crippen LogP contribution in [0.1, 0.15) is 42.6 Å². The second-order valence-electron chi connectivity index (χ2n) is 7.47. The molecule has 0 radical (unpaired) electrons. The van der Waals surface area contributed by atoms with Crippen LogP contribution in [0.25, 0.3) is 5.69 Å². The van der Waals surface area contributed by atoms with Crippen LogP contribution in [-0.4, -0.2) is 32.6 Å². The van der Waals surface area contributed by atoms with Crippen molar-refractivity contribution >= 4 is 12.1 Å². The van der Waals surface area contributed by atoms with E-state index in [0.717, 1.165) is 0 Å². The van der Waals surface area contributed by atoms with E-state index in [1.165, 1.54) is 4.68 Å². The first-order valence-corrected chi connectivity index (χ1v) is 9.12. The molecule has 1 amide bonds. The molecule has 0 saturated carbocycles. The fourth-order valence-corrected chi connectivity index (χ4v) is 2.53. The Balaban J connectivity index is 1.72. The molecule has 1 aromatic carbocycles. The summed E-state index contributed by atoms with van der Waals surface area (Å²) < 4.78 is 21.8. The minimum atomic E-state index is -0.975. The van der Waals surface area contributed by atoms with Gasteiger partial charge in [-0.15, -0.1) is 0 Å². The third kappa shape index (κ3) is 5.29. The Hall–Kier alpha value is -4.09. The first-order valence-electron chi connectivity index (χ1n) is 9.12. The highest BCUT2D eigenvalue weighted by atomic mass is 16.8. The molecule has 12 nitrogen and oxygen atoms in total. The van der Waals surface area contributed by atoms with E-state index in [0.29, 0.717) is 17.1 Å². The molecule has 0 bridgehead atoms. The van der Waals surface area contributed by atoms with E-state index < -0.39 is 23.4 Å². The van der Waals surface area contributed by atoms with Crippen LogP contribution in [0.3, 0.4) is 0 Å². The molecule has 3 aromatic rings. The van der Waals surface area contributed by atoms with Gasteiger partial charge < -0.3 is 25.2 Å². The van der Waals surface area contributed by atoms with Crippen LogP contribution in [-0.2, 0) is 11.3 Å². The lowest BCUT2D eigenvalue weighted by atomic mass is 10.2. The Bertz CT molecular complexity index is 1100.